The lowest BCUT2D eigenvalue weighted by Crippen LogP contribution is -2.45. The molecule has 184 valence electrons. The van der Waals surface area contributed by atoms with Gasteiger partial charge in [0.2, 0.25) is 0 Å². The number of aryl methyl sites for hydroxylation is 1. The minimum Gasteiger partial charge on any atom is -0.363 e. The largest absolute Gasteiger partial charge is 0.363 e. The predicted octanol–water partition coefficient (Wildman–Crippen LogP) is 4.46. The van der Waals surface area contributed by atoms with E-state index in [0.717, 1.165) is 12.6 Å². The van der Waals surface area contributed by atoms with Crippen molar-refractivity contribution < 1.29 is 13.2 Å². The molecule has 1 aliphatic heterocycles. The van der Waals surface area contributed by atoms with Crippen molar-refractivity contribution in [2.75, 3.05) is 25.0 Å². The van der Waals surface area contributed by atoms with E-state index in [1.54, 1.807) is 20.0 Å². The smallest absolute Gasteiger partial charge is 0.266 e. The second-order valence-electron chi connectivity index (χ2n) is 8.93. The summed E-state index contributed by atoms with van der Waals surface area (Å²) in [4.78, 5) is 24.1. The number of piperidine rings is 1. The molecule has 1 aliphatic rings. The van der Waals surface area contributed by atoms with Gasteiger partial charge in [0.25, 0.3) is 12.0 Å². The quantitative estimate of drug-likeness (QED) is 0.556. The Morgan fingerprint density at radius 2 is 1.91 bits per heavy atom. The van der Waals surface area contributed by atoms with Crippen LogP contribution in [-0.2, 0) is 12.5 Å². The topological polar surface area (TPSA) is 86.8 Å². The van der Waals surface area contributed by atoms with Crippen LogP contribution >= 0.6 is 0 Å². The molecule has 1 fully saturated rings. The molecule has 35 heavy (non-hydrogen) atoms. The summed E-state index contributed by atoms with van der Waals surface area (Å²) in [5.74, 6) is -0.652. The first-order valence-electron chi connectivity index (χ1n) is 11.5. The molecule has 0 aliphatic carbocycles. The number of likely N-dealkylation sites (tertiary alicyclic amines) is 1. The number of nitrogens with one attached hydrogen (secondary N) is 1. The van der Waals surface area contributed by atoms with E-state index in [1.807, 2.05) is 0 Å². The van der Waals surface area contributed by atoms with Crippen LogP contribution in [0.15, 0.2) is 35.4 Å². The van der Waals surface area contributed by atoms with Gasteiger partial charge in [0.1, 0.15) is 23.6 Å². The van der Waals surface area contributed by atoms with E-state index in [1.165, 1.54) is 23.0 Å². The van der Waals surface area contributed by atoms with Crippen LogP contribution in [-0.4, -0.2) is 39.1 Å². The van der Waals surface area contributed by atoms with Crippen molar-refractivity contribution in [1.29, 1.82) is 5.26 Å². The van der Waals surface area contributed by atoms with Crippen LogP contribution in [0.25, 0.3) is 11.0 Å². The molecular weight excluding hydrogens is 457 g/mol. The van der Waals surface area contributed by atoms with Crippen LogP contribution in [0.1, 0.15) is 55.8 Å². The highest BCUT2D eigenvalue weighted by molar-refractivity contribution is 5.87. The maximum absolute atomic E-state index is 14.7. The van der Waals surface area contributed by atoms with Gasteiger partial charge in [-0.25, -0.2) is 23.1 Å². The Labute approximate surface area is 201 Å². The average Bonchev–Trinajstić information content (AvgIpc) is 2.86. The van der Waals surface area contributed by atoms with Gasteiger partial charge < -0.3 is 10.2 Å². The number of rotatable bonds is 6. The SMILES string of the molecule is CCN1CCC(C#N)(c2cc3c(N[C@H](C)c4cccc(C(F)F)c4F)ncnc3n(C)c2=O)CC1. The lowest BCUT2D eigenvalue weighted by Gasteiger charge is -2.36. The Balaban J connectivity index is 1.79. The van der Waals surface area contributed by atoms with Gasteiger partial charge in [-0.2, -0.15) is 5.26 Å². The molecule has 7 nitrogen and oxygen atoms in total. The van der Waals surface area contributed by atoms with Crippen molar-refractivity contribution in [3.8, 4) is 6.07 Å². The highest BCUT2D eigenvalue weighted by atomic mass is 19.3. The molecule has 0 bridgehead atoms. The van der Waals surface area contributed by atoms with Crippen molar-refractivity contribution in [1.82, 2.24) is 19.4 Å². The Bertz CT molecular complexity index is 1340. The Kier molecular flexibility index (Phi) is 6.81. The lowest BCUT2D eigenvalue weighted by molar-refractivity contribution is 0.146. The molecule has 0 unspecified atom stereocenters. The maximum Gasteiger partial charge on any atom is 0.266 e. The molecule has 0 saturated carbocycles. The molecule has 2 aromatic heterocycles. The van der Waals surface area contributed by atoms with Gasteiger partial charge in [0.15, 0.2) is 0 Å². The van der Waals surface area contributed by atoms with Crippen molar-refractivity contribution >= 4 is 16.9 Å². The van der Waals surface area contributed by atoms with Crippen LogP contribution in [0.2, 0.25) is 0 Å². The number of aromatic nitrogens is 3. The van der Waals surface area contributed by atoms with E-state index in [-0.39, 0.29) is 11.1 Å². The Hall–Kier alpha value is -3.45. The number of pyridine rings is 1. The standard InChI is InChI=1S/C25H27F3N6O/c1-4-34-10-8-25(13-29,9-11-34)19-12-18-22(30-14-31-23(18)33(3)24(19)35)32-15(2)16-6-5-7-17(20(16)26)21(27)28/h5-7,12,14-15,21H,4,8-11H2,1-3H3,(H,30,31,32)/t15-/m1/s1. The number of nitrogens with zero attached hydrogens (tertiary/aromatic N) is 5. The van der Waals surface area contributed by atoms with Gasteiger partial charge in [-0.05, 0) is 45.5 Å². The molecule has 1 aromatic carbocycles. The van der Waals surface area contributed by atoms with Crippen LogP contribution in [0.5, 0.6) is 0 Å². The van der Waals surface area contributed by atoms with E-state index < -0.39 is 29.3 Å². The zero-order chi connectivity index (χ0) is 25.3. The summed E-state index contributed by atoms with van der Waals surface area (Å²) in [5, 5.41) is 13.7. The van der Waals surface area contributed by atoms with E-state index in [9.17, 15) is 23.2 Å². The first-order valence-corrected chi connectivity index (χ1v) is 11.5. The summed E-state index contributed by atoms with van der Waals surface area (Å²) in [6, 6.07) is 7.24. The third-order valence-electron chi connectivity index (χ3n) is 7.00. The van der Waals surface area contributed by atoms with Crippen molar-refractivity contribution in [3.63, 3.8) is 0 Å². The van der Waals surface area contributed by atoms with E-state index in [2.05, 4.69) is 33.2 Å². The summed E-state index contributed by atoms with van der Waals surface area (Å²) < 4.78 is 42.5. The molecule has 4 rings (SSSR count). The number of nitriles is 1. The molecule has 0 radical (unpaired) electrons. The Morgan fingerprint density at radius 3 is 2.54 bits per heavy atom. The van der Waals surface area contributed by atoms with Gasteiger partial charge >= 0.3 is 0 Å². The zero-order valence-corrected chi connectivity index (χ0v) is 19.9. The fourth-order valence-electron chi connectivity index (χ4n) is 4.77. The minimum absolute atomic E-state index is 0.0695. The summed E-state index contributed by atoms with van der Waals surface area (Å²) in [6.45, 7) is 5.99. The number of hydrogen-bond donors (Lipinski definition) is 1. The third kappa shape index (κ3) is 4.36. The number of fused-ring (bicyclic) bond motifs is 1. The molecule has 0 spiro atoms. The minimum atomic E-state index is -2.93. The predicted molar refractivity (Wildman–Crippen MR) is 127 cm³/mol. The number of hydrogen-bond acceptors (Lipinski definition) is 6. The van der Waals surface area contributed by atoms with Crippen LogP contribution in [0.3, 0.4) is 0 Å². The number of anilines is 1. The van der Waals surface area contributed by atoms with E-state index in [4.69, 9.17) is 0 Å². The van der Waals surface area contributed by atoms with Gasteiger partial charge in [-0.1, -0.05) is 25.1 Å². The Morgan fingerprint density at radius 1 is 1.23 bits per heavy atom. The molecular formula is C25H27F3N6O. The molecule has 1 atom stereocenters. The molecule has 10 heteroatoms. The first-order chi connectivity index (χ1) is 16.7. The fourth-order valence-corrected chi connectivity index (χ4v) is 4.77. The van der Waals surface area contributed by atoms with E-state index in [0.29, 0.717) is 48.3 Å². The van der Waals surface area contributed by atoms with Crippen LogP contribution in [0, 0.1) is 17.1 Å². The van der Waals surface area contributed by atoms with Crippen molar-refractivity contribution in [2.24, 2.45) is 7.05 Å². The molecule has 1 saturated heterocycles. The summed E-state index contributed by atoms with van der Waals surface area (Å²) in [6.07, 6.45) is -0.601. The first kappa shape index (κ1) is 24.7. The average molecular weight is 485 g/mol. The highest BCUT2D eigenvalue weighted by Crippen LogP contribution is 2.36. The van der Waals surface area contributed by atoms with Gasteiger partial charge in [-0.15, -0.1) is 0 Å². The normalized spacial score (nSPS) is 16.9. The summed E-state index contributed by atoms with van der Waals surface area (Å²) in [7, 11) is 1.59. The summed E-state index contributed by atoms with van der Waals surface area (Å²) >= 11 is 0. The fraction of sp³-hybridized carbons (Fsp3) is 0.440. The number of halogens is 3. The second kappa shape index (κ2) is 9.66. The van der Waals surface area contributed by atoms with Crippen LogP contribution in [0.4, 0.5) is 19.0 Å². The monoisotopic (exact) mass is 484 g/mol. The molecule has 3 heterocycles. The molecule has 1 N–H and O–H groups in total. The highest BCUT2D eigenvalue weighted by Gasteiger charge is 2.39. The number of benzene rings is 1. The van der Waals surface area contributed by atoms with Crippen LogP contribution < -0.4 is 10.9 Å². The molecule has 0 amide bonds. The lowest BCUT2D eigenvalue weighted by atomic mass is 9.74. The van der Waals surface area contributed by atoms with Gasteiger partial charge in [-0.3, -0.25) is 9.36 Å². The third-order valence-corrected chi connectivity index (χ3v) is 7.00. The van der Waals surface area contributed by atoms with Crippen molar-refractivity contribution in [2.45, 2.75) is 44.6 Å². The van der Waals surface area contributed by atoms with Crippen molar-refractivity contribution in [3.05, 3.63) is 63.5 Å². The summed E-state index contributed by atoms with van der Waals surface area (Å²) in [5.41, 5.74) is -1.10. The number of alkyl halides is 2. The van der Waals surface area contributed by atoms with E-state index >= 15 is 0 Å². The second-order valence-corrected chi connectivity index (χ2v) is 8.93. The maximum atomic E-state index is 14.7. The van der Waals surface area contributed by atoms with Gasteiger partial charge in [0.05, 0.1) is 28.5 Å². The zero-order valence-electron chi connectivity index (χ0n) is 19.9. The molecule has 3 aromatic rings. The van der Waals surface area contributed by atoms with Gasteiger partial charge in [0, 0.05) is 18.2 Å².